The van der Waals surface area contributed by atoms with E-state index in [1.807, 2.05) is 27.8 Å². The molecule has 0 aromatic heterocycles. The molecular weight excluding hydrogens is 176 g/mol. The van der Waals surface area contributed by atoms with E-state index >= 15 is 0 Å². The van der Waals surface area contributed by atoms with E-state index in [1.165, 1.54) is 11.0 Å². The molecule has 0 aromatic rings. The van der Waals surface area contributed by atoms with Gasteiger partial charge < -0.3 is 4.90 Å². The van der Waals surface area contributed by atoms with Crippen LogP contribution in [0.4, 0.5) is 0 Å². The van der Waals surface area contributed by atoms with E-state index in [2.05, 4.69) is 6.58 Å². The molecule has 1 heterocycles. The standard InChI is InChI=1S/C9H12N2O.C2H6/c1-4-6-11-8(2)10(3)7-5-9(11)12;1-2/h4-7H,2H2,1,3H3;1-2H3/b6-4-;. The van der Waals surface area contributed by atoms with Crippen LogP contribution in [0.15, 0.2) is 37.0 Å². The van der Waals surface area contributed by atoms with Crippen LogP contribution in [0.5, 0.6) is 0 Å². The summed E-state index contributed by atoms with van der Waals surface area (Å²) in [5.74, 6) is 0.608. The second kappa shape index (κ2) is 6.02. The van der Waals surface area contributed by atoms with Crippen LogP contribution >= 0.6 is 0 Å². The number of nitrogens with zero attached hydrogens (tertiary/aromatic N) is 2. The van der Waals surface area contributed by atoms with Crippen molar-refractivity contribution >= 4 is 5.91 Å². The Morgan fingerprint density at radius 1 is 1.43 bits per heavy atom. The Labute approximate surface area is 86.0 Å². The Balaban J connectivity index is 0.000000791. The molecule has 1 aliphatic rings. The summed E-state index contributed by atoms with van der Waals surface area (Å²) in [7, 11) is 1.85. The fraction of sp³-hybridized carbons (Fsp3) is 0.364. The van der Waals surface area contributed by atoms with Gasteiger partial charge in [-0.25, -0.2) is 0 Å². The molecule has 1 aliphatic heterocycles. The van der Waals surface area contributed by atoms with Crippen molar-refractivity contribution in [3.05, 3.63) is 37.0 Å². The highest BCUT2D eigenvalue weighted by molar-refractivity contribution is 5.90. The zero-order valence-corrected chi connectivity index (χ0v) is 9.32. The van der Waals surface area contributed by atoms with Gasteiger partial charge in [0.05, 0.1) is 0 Å². The molecule has 1 rings (SSSR count). The van der Waals surface area contributed by atoms with Gasteiger partial charge in [0, 0.05) is 25.5 Å². The average Bonchev–Trinajstić information content (AvgIpc) is 2.22. The normalized spacial score (nSPS) is 16.0. The maximum atomic E-state index is 11.2. The summed E-state index contributed by atoms with van der Waals surface area (Å²) < 4.78 is 0. The fourth-order valence-electron chi connectivity index (χ4n) is 0.948. The molecule has 1 amide bonds. The number of hydrogen-bond donors (Lipinski definition) is 0. The third-order valence-corrected chi connectivity index (χ3v) is 1.66. The van der Waals surface area contributed by atoms with Crippen molar-refractivity contribution < 1.29 is 4.79 Å². The molecule has 0 aliphatic carbocycles. The predicted octanol–water partition coefficient (Wildman–Crippen LogP) is 2.31. The smallest absolute Gasteiger partial charge is 0.257 e. The zero-order valence-electron chi connectivity index (χ0n) is 9.32. The van der Waals surface area contributed by atoms with Crippen molar-refractivity contribution in [1.82, 2.24) is 9.80 Å². The molecule has 14 heavy (non-hydrogen) atoms. The minimum atomic E-state index is -0.0591. The van der Waals surface area contributed by atoms with Crippen molar-refractivity contribution in [1.29, 1.82) is 0 Å². The van der Waals surface area contributed by atoms with Gasteiger partial charge in [-0.2, -0.15) is 0 Å². The molecule has 3 nitrogen and oxygen atoms in total. The Morgan fingerprint density at radius 2 is 2.00 bits per heavy atom. The lowest BCUT2D eigenvalue weighted by molar-refractivity contribution is -0.123. The molecule has 0 bridgehead atoms. The molecule has 0 atom stereocenters. The molecule has 78 valence electrons. The molecule has 0 spiro atoms. The lowest BCUT2D eigenvalue weighted by Gasteiger charge is -2.29. The Kier molecular flexibility index (Phi) is 5.37. The lowest BCUT2D eigenvalue weighted by Crippen LogP contribution is -2.33. The minimum Gasteiger partial charge on any atom is -0.337 e. The summed E-state index contributed by atoms with van der Waals surface area (Å²) in [6.45, 7) is 9.63. The summed E-state index contributed by atoms with van der Waals surface area (Å²) in [6, 6.07) is 0. The van der Waals surface area contributed by atoms with E-state index < -0.39 is 0 Å². The number of rotatable bonds is 1. The third-order valence-electron chi connectivity index (χ3n) is 1.66. The van der Waals surface area contributed by atoms with Crippen LogP contribution < -0.4 is 0 Å². The first-order chi connectivity index (χ1) is 6.66. The van der Waals surface area contributed by atoms with E-state index in [1.54, 1.807) is 23.4 Å². The molecule has 3 heteroatoms. The topological polar surface area (TPSA) is 23.6 Å². The van der Waals surface area contributed by atoms with E-state index in [-0.39, 0.29) is 5.91 Å². The van der Waals surface area contributed by atoms with Gasteiger partial charge in [0.2, 0.25) is 0 Å². The van der Waals surface area contributed by atoms with Crippen LogP contribution in [0.1, 0.15) is 20.8 Å². The van der Waals surface area contributed by atoms with E-state index in [4.69, 9.17) is 0 Å². The third kappa shape index (κ3) is 2.76. The summed E-state index contributed by atoms with van der Waals surface area (Å²) in [6.07, 6.45) is 6.71. The van der Waals surface area contributed by atoms with Gasteiger partial charge in [-0.05, 0) is 6.92 Å². The maximum absolute atomic E-state index is 11.2. The summed E-state index contributed by atoms with van der Waals surface area (Å²) in [4.78, 5) is 14.5. The molecule has 0 fully saturated rings. The summed E-state index contributed by atoms with van der Waals surface area (Å²) in [5.41, 5.74) is 0. The maximum Gasteiger partial charge on any atom is 0.257 e. The molecule has 0 saturated heterocycles. The average molecular weight is 194 g/mol. The highest BCUT2D eigenvalue weighted by Crippen LogP contribution is 2.13. The van der Waals surface area contributed by atoms with Crippen molar-refractivity contribution in [3.63, 3.8) is 0 Å². The predicted molar refractivity (Wildman–Crippen MR) is 59.1 cm³/mol. The Bertz CT molecular complexity index is 266. The highest BCUT2D eigenvalue weighted by atomic mass is 16.2. The minimum absolute atomic E-state index is 0.0591. The van der Waals surface area contributed by atoms with Crippen molar-refractivity contribution in [2.24, 2.45) is 0 Å². The van der Waals surface area contributed by atoms with Crippen molar-refractivity contribution in [2.75, 3.05) is 7.05 Å². The quantitative estimate of drug-likeness (QED) is 0.639. The van der Waals surface area contributed by atoms with Crippen LogP contribution in [0.3, 0.4) is 0 Å². The Hall–Kier alpha value is -1.51. The van der Waals surface area contributed by atoms with Crippen molar-refractivity contribution in [2.45, 2.75) is 20.8 Å². The van der Waals surface area contributed by atoms with Gasteiger partial charge in [-0.3, -0.25) is 9.69 Å². The van der Waals surface area contributed by atoms with Crippen LogP contribution in [0.25, 0.3) is 0 Å². The second-order valence-electron chi connectivity index (χ2n) is 2.53. The first kappa shape index (κ1) is 12.5. The number of hydrogen-bond acceptors (Lipinski definition) is 2. The lowest BCUT2D eigenvalue weighted by atomic mass is 10.4. The number of allylic oxidation sites excluding steroid dienone is 1. The number of amides is 1. The second-order valence-corrected chi connectivity index (χ2v) is 2.53. The monoisotopic (exact) mass is 194 g/mol. The largest absolute Gasteiger partial charge is 0.337 e. The van der Waals surface area contributed by atoms with E-state index in [0.717, 1.165) is 0 Å². The molecule has 0 saturated carbocycles. The van der Waals surface area contributed by atoms with Gasteiger partial charge in [-0.1, -0.05) is 26.5 Å². The van der Waals surface area contributed by atoms with Gasteiger partial charge in [0.25, 0.3) is 5.91 Å². The number of carbonyl (C=O) groups is 1. The van der Waals surface area contributed by atoms with Crippen LogP contribution in [-0.4, -0.2) is 22.8 Å². The fourth-order valence-corrected chi connectivity index (χ4v) is 0.948. The van der Waals surface area contributed by atoms with E-state index in [0.29, 0.717) is 5.82 Å². The molecule has 0 unspecified atom stereocenters. The Morgan fingerprint density at radius 3 is 2.50 bits per heavy atom. The summed E-state index contributed by atoms with van der Waals surface area (Å²) in [5, 5.41) is 0. The highest BCUT2D eigenvalue weighted by Gasteiger charge is 2.17. The number of carbonyl (C=O) groups excluding carboxylic acids is 1. The van der Waals surface area contributed by atoms with Crippen molar-refractivity contribution in [3.8, 4) is 0 Å². The van der Waals surface area contributed by atoms with Crippen LogP contribution in [0.2, 0.25) is 0 Å². The van der Waals surface area contributed by atoms with Gasteiger partial charge in [-0.15, -0.1) is 0 Å². The van der Waals surface area contributed by atoms with Crippen LogP contribution in [0, 0.1) is 0 Å². The summed E-state index contributed by atoms with van der Waals surface area (Å²) >= 11 is 0. The molecule has 0 radical (unpaired) electrons. The molecular formula is C11H18N2O. The molecule has 0 aromatic carbocycles. The zero-order chi connectivity index (χ0) is 11.1. The van der Waals surface area contributed by atoms with Gasteiger partial charge in [0.15, 0.2) is 0 Å². The SMILES string of the molecule is C=C1N(C)C=CC(=O)N1/C=C\C.CC. The van der Waals surface area contributed by atoms with E-state index in [9.17, 15) is 4.79 Å². The van der Waals surface area contributed by atoms with Gasteiger partial charge in [0.1, 0.15) is 5.82 Å². The first-order valence-electron chi connectivity index (χ1n) is 4.72. The first-order valence-corrected chi connectivity index (χ1v) is 4.72. The van der Waals surface area contributed by atoms with Crippen LogP contribution in [-0.2, 0) is 4.79 Å². The van der Waals surface area contributed by atoms with Gasteiger partial charge >= 0.3 is 0 Å². The molecule has 0 N–H and O–H groups in total.